The Balaban J connectivity index is 1.66. The van der Waals surface area contributed by atoms with Crippen molar-refractivity contribution in [2.45, 2.75) is 24.8 Å². The van der Waals surface area contributed by atoms with Gasteiger partial charge >= 0.3 is 5.97 Å². The summed E-state index contributed by atoms with van der Waals surface area (Å²) in [6.45, 7) is 3.33. The molecule has 3 aromatic rings. The van der Waals surface area contributed by atoms with Gasteiger partial charge in [0.2, 0.25) is 10.0 Å². The highest BCUT2D eigenvalue weighted by molar-refractivity contribution is 7.89. The Morgan fingerprint density at radius 2 is 1.74 bits per heavy atom. The fraction of sp³-hybridized carbons (Fsp3) is 0.150. The minimum atomic E-state index is -3.80. The predicted octanol–water partition coefficient (Wildman–Crippen LogP) is 4.00. The normalized spacial score (nSPS) is 12.5. The van der Waals surface area contributed by atoms with E-state index in [0.29, 0.717) is 5.75 Å². The molecule has 0 fully saturated rings. The van der Waals surface area contributed by atoms with Crippen LogP contribution in [-0.2, 0) is 14.8 Å². The Bertz CT molecular complexity index is 1030. The molecule has 1 heterocycles. The summed E-state index contributed by atoms with van der Waals surface area (Å²) < 4.78 is 32.4. The number of nitrogens with one attached hydrogen (secondary N) is 1. The largest absolute Gasteiger partial charge is 0.424 e. The molecule has 1 N–H and O–H groups in total. The van der Waals surface area contributed by atoms with Crippen LogP contribution in [0.3, 0.4) is 0 Å². The molecular weight excluding hydrogens is 382 g/mol. The molecule has 0 aliphatic carbocycles. The summed E-state index contributed by atoms with van der Waals surface area (Å²) in [6, 6.07) is 16.9. The van der Waals surface area contributed by atoms with E-state index < -0.39 is 22.0 Å². The molecule has 2 aromatic carbocycles. The Labute approximate surface area is 162 Å². The Hall–Kier alpha value is -2.48. The first-order valence-corrected chi connectivity index (χ1v) is 10.7. The maximum Gasteiger partial charge on any atom is 0.329 e. The van der Waals surface area contributed by atoms with Crippen LogP contribution in [-0.4, -0.2) is 20.4 Å². The molecule has 0 saturated carbocycles. The van der Waals surface area contributed by atoms with E-state index in [-0.39, 0.29) is 4.90 Å². The van der Waals surface area contributed by atoms with Gasteiger partial charge in [-0.2, -0.15) is 4.72 Å². The average Bonchev–Trinajstić information content (AvgIpc) is 3.11. The molecule has 0 aliphatic rings. The van der Waals surface area contributed by atoms with Crippen LogP contribution in [0.4, 0.5) is 0 Å². The highest BCUT2D eigenvalue weighted by Gasteiger charge is 2.23. The zero-order chi connectivity index (χ0) is 19.4. The zero-order valence-electron chi connectivity index (χ0n) is 14.9. The van der Waals surface area contributed by atoms with Crippen molar-refractivity contribution in [3.8, 4) is 16.2 Å². The van der Waals surface area contributed by atoms with Gasteiger partial charge < -0.3 is 4.74 Å². The lowest BCUT2D eigenvalue weighted by molar-refractivity contribution is -0.135. The van der Waals surface area contributed by atoms with Crippen molar-refractivity contribution in [1.82, 2.24) is 4.72 Å². The van der Waals surface area contributed by atoms with Gasteiger partial charge in [-0.05, 0) is 37.6 Å². The molecule has 5 nitrogen and oxygen atoms in total. The molecule has 0 unspecified atom stereocenters. The van der Waals surface area contributed by atoms with Crippen molar-refractivity contribution in [3.63, 3.8) is 0 Å². The number of rotatable bonds is 6. The van der Waals surface area contributed by atoms with E-state index in [2.05, 4.69) is 4.72 Å². The number of carbonyl (C=O) groups is 1. The molecule has 1 atom stereocenters. The molecule has 27 heavy (non-hydrogen) atoms. The molecule has 0 amide bonds. The van der Waals surface area contributed by atoms with Crippen LogP contribution in [0.5, 0.6) is 5.75 Å². The van der Waals surface area contributed by atoms with Crippen LogP contribution in [0.15, 0.2) is 70.9 Å². The van der Waals surface area contributed by atoms with Gasteiger partial charge in [0.05, 0.1) is 4.90 Å². The van der Waals surface area contributed by atoms with Gasteiger partial charge in [0.15, 0.2) is 0 Å². The molecule has 0 saturated heterocycles. The minimum absolute atomic E-state index is 0.106. The second-order valence-electron chi connectivity index (χ2n) is 6.09. The zero-order valence-corrected chi connectivity index (χ0v) is 16.5. The second-order valence-corrected chi connectivity index (χ2v) is 8.72. The fourth-order valence-electron chi connectivity index (χ4n) is 2.40. The summed E-state index contributed by atoms with van der Waals surface area (Å²) in [7, 11) is -3.80. The van der Waals surface area contributed by atoms with Crippen molar-refractivity contribution in [2.24, 2.45) is 0 Å². The monoisotopic (exact) mass is 401 g/mol. The van der Waals surface area contributed by atoms with E-state index in [0.717, 1.165) is 16.0 Å². The quantitative estimate of drug-likeness (QED) is 0.634. The highest BCUT2D eigenvalue weighted by atomic mass is 32.2. The SMILES string of the molecule is Cc1ccc(S(=O)(=O)N[C@@H](C)C(=O)Oc2csc(-c3ccccc3)c2)cc1. The van der Waals surface area contributed by atoms with Crippen molar-refractivity contribution < 1.29 is 17.9 Å². The van der Waals surface area contributed by atoms with Crippen molar-refractivity contribution in [3.05, 3.63) is 71.6 Å². The first-order valence-electron chi connectivity index (χ1n) is 8.30. The number of aryl methyl sites for hydroxylation is 1. The van der Waals surface area contributed by atoms with Gasteiger partial charge in [-0.1, -0.05) is 48.0 Å². The summed E-state index contributed by atoms with van der Waals surface area (Å²) in [6.07, 6.45) is 0. The molecule has 0 radical (unpaired) electrons. The Kier molecular flexibility index (Phi) is 5.74. The minimum Gasteiger partial charge on any atom is -0.424 e. The molecule has 0 bridgehead atoms. The number of hydrogen-bond acceptors (Lipinski definition) is 5. The maximum atomic E-state index is 12.4. The molecule has 0 spiro atoms. The summed E-state index contributed by atoms with van der Waals surface area (Å²) in [5, 5.41) is 1.72. The third-order valence-corrected chi connectivity index (χ3v) is 6.38. The summed E-state index contributed by atoms with van der Waals surface area (Å²) in [5.41, 5.74) is 1.98. The summed E-state index contributed by atoms with van der Waals surface area (Å²) in [4.78, 5) is 13.3. The summed E-state index contributed by atoms with van der Waals surface area (Å²) in [5.74, 6) is -0.270. The van der Waals surface area contributed by atoms with Crippen LogP contribution in [0.25, 0.3) is 10.4 Å². The van der Waals surface area contributed by atoms with E-state index >= 15 is 0 Å². The van der Waals surface area contributed by atoms with E-state index in [9.17, 15) is 13.2 Å². The van der Waals surface area contributed by atoms with Crippen molar-refractivity contribution in [1.29, 1.82) is 0 Å². The number of thiophene rings is 1. The van der Waals surface area contributed by atoms with Gasteiger partial charge in [-0.25, -0.2) is 13.2 Å². The lowest BCUT2D eigenvalue weighted by Gasteiger charge is -2.13. The molecular formula is C20H19NO4S2. The number of hydrogen-bond donors (Lipinski definition) is 1. The average molecular weight is 402 g/mol. The fourth-order valence-corrected chi connectivity index (χ4v) is 4.40. The smallest absolute Gasteiger partial charge is 0.329 e. The first kappa shape index (κ1) is 19.3. The van der Waals surface area contributed by atoms with E-state index in [1.165, 1.54) is 30.4 Å². The molecule has 3 rings (SSSR count). The van der Waals surface area contributed by atoms with E-state index in [4.69, 9.17) is 4.74 Å². The van der Waals surface area contributed by atoms with Crippen LogP contribution in [0, 0.1) is 6.92 Å². The molecule has 7 heteroatoms. The Morgan fingerprint density at radius 1 is 1.07 bits per heavy atom. The lowest BCUT2D eigenvalue weighted by Crippen LogP contribution is -2.40. The van der Waals surface area contributed by atoms with Crippen molar-refractivity contribution in [2.75, 3.05) is 0 Å². The number of esters is 1. The third kappa shape index (κ3) is 4.82. The Morgan fingerprint density at radius 3 is 2.41 bits per heavy atom. The standard InChI is InChI=1S/C20H19NO4S2/c1-14-8-10-18(11-9-14)27(23,24)21-15(2)20(22)25-17-12-19(26-13-17)16-6-4-3-5-7-16/h3-13,15,21H,1-2H3/t15-/m0/s1. The van der Waals surface area contributed by atoms with Gasteiger partial charge in [-0.15, -0.1) is 11.3 Å². The van der Waals surface area contributed by atoms with Crippen molar-refractivity contribution >= 4 is 27.3 Å². The van der Waals surface area contributed by atoms with Gasteiger partial charge in [0.1, 0.15) is 11.8 Å². The molecule has 0 aliphatic heterocycles. The second kappa shape index (κ2) is 8.04. The van der Waals surface area contributed by atoms with Crippen LogP contribution < -0.4 is 9.46 Å². The summed E-state index contributed by atoms with van der Waals surface area (Å²) >= 11 is 1.45. The molecule has 140 valence electrons. The molecule has 1 aromatic heterocycles. The highest BCUT2D eigenvalue weighted by Crippen LogP contribution is 2.31. The number of carbonyl (C=O) groups excluding carboxylic acids is 1. The maximum absolute atomic E-state index is 12.4. The number of benzene rings is 2. The van der Waals surface area contributed by atoms with Gasteiger partial charge in [-0.3, -0.25) is 0 Å². The van der Waals surface area contributed by atoms with Gasteiger partial charge in [0, 0.05) is 10.3 Å². The van der Waals surface area contributed by atoms with E-state index in [1.54, 1.807) is 23.6 Å². The number of ether oxygens (including phenoxy) is 1. The van der Waals surface area contributed by atoms with E-state index in [1.807, 2.05) is 37.3 Å². The predicted molar refractivity (Wildman–Crippen MR) is 106 cm³/mol. The van der Waals surface area contributed by atoms with Crippen LogP contribution >= 0.6 is 11.3 Å². The number of sulfonamides is 1. The van der Waals surface area contributed by atoms with Crippen LogP contribution in [0.2, 0.25) is 0 Å². The third-order valence-electron chi connectivity index (χ3n) is 3.87. The lowest BCUT2D eigenvalue weighted by atomic mass is 10.2. The van der Waals surface area contributed by atoms with Gasteiger partial charge in [0.25, 0.3) is 0 Å². The first-order chi connectivity index (χ1) is 12.8. The topological polar surface area (TPSA) is 72.5 Å². The van der Waals surface area contributed by atoms with Crippen LogP contribution in [0.1, 0.15) is 12.5 Å².